The first-order valence-electron chi connectivity index (χ1n) is 12.8. The molecule has 3 rings (SSSR count). The molecule has 2 aliphatic heterocycles. The number of aliphatic hydroxyl groups is 4. The van der Waals surface area contributed by atoms with Gasteiger partial charge in [0.25, 0.3) is 0 Å². The molecule has 15 nitrogen and oxygen atoms in total. The maximum atomic E-state index is 13.1. The van der Waals surface area contributed by atoms with Gasteiger partial charge in [0.2, 0.25) is 6.29 Å². The molecule has 0 radical (unpaired) electrons. The molecule has 0 amide bonds. The number of hydrogen-bond acceptors (Lipinski definition) is 15. The molecule has 220 valence electrons. The second-order valence-electron chi connectivity index (χ2n) is 10.6. The van der Waals surface area contributed by atoms with Gasteiger partial charge in [-0.3, -0.25) is 4.79 Å². The van der Waals surface area contributed by atoms with Crippen molar-refractivity contribution in [2.45, 2.75) is 98.6 Å². The molecule has 0 unspecified atom stereocenters. The summed E-state index contributed by atoms with van der Waals surface area (Å²) in [7, 11) is 1.58. The van der Waals surface area contributed by atoms with E-state index in [1.54, 1.807) is 13.1 Å². The smallest absolute Gasteiger partial charge is 0.225 e. The van der Waals surface area contributed by atoms with Gasteiger partial charge in [0.1, 0.15) is 47.4 Å². The van der Waals surface area contributed by atoms with Gasteiger partial charge in [0.15, 0.2) is 12.1 Å². The van der Waals surface area contributed by atoms with Crippen molar-refractivity contribution in [2.24, 2.45) is 28.7 Å². The summed E-state index contributed by atoms with van der Waals surface area (Å²) in [5.74, 6) is -0.433. The molecular formula is C23H44N6O9. The molecule has 0 bridgehead atoms. The normalized spacial score (nSPS) is 44.7. The standard InChI is InChI=1S/C23H44N6O9/c1-22(34)9-35-20(15(32)18(22)29-2)37-16-11(26)7-12(27)17(14(16)31)38-21-23(28,5-3-10(8-25)36-21)19(33)13(30)4-6-24/h3,11-18,20-21,29-32,34H,4-9,24-28H2,1-2H3/t11-,12+,13+,14-,15-,16+,17-,18-,20-,21-,22+,23+/m1/s1. The zero-order valence-corrected chi connectivity index (χ0v) is 21.8. The number of carbonyl (C=O) groups excluding carboxylic acids is 1. The Kier molecular flexibility index (Phi) is 10.2. The number of likely N-dealkylation sites (N-methyl/N-ethyl adjacent to an activating group) is 1. The molecule has 1 aliphatic carbocycles. The van der Waals surface area contributed by atoms with Crippen molar-refractivity contribution in [3.63, 3.8) is 0 Å². The third-order valence-electron chi connectivity index (χ3n) is 7.52. The maximum Gasteiger partial charge on any atom is 0.225 e. The van der Waals surface area contributed by atoms with Crippen molar-refractivity contribution >= 4 is 5.78 Å². The lowest BCUT2D eigenvalue weighted by Gasteiger charge is -2.49. The lowest BCUT2D eigenvalue weighted by atomic mass is 9.82. The quantitative estimate of drug-likeness (QED) is 0.122. The first kappa shape index (κ1) is 31.2. The van der Waals surface area contributed by atoms with Gasteiger partial charge in [-0.05, 0) is 39.4 Å². The predicted molar refractivity (Wildman–Crippen MR) is 134 cm³/mol. The topological polar surface area (TPSA) is 277 Å². The molecule has 0 aromatic carbocycles. The zero-order valence-electron chi connectivity index (χ0n) is 21.8. The van der Waals surface area contributed by atoms with E-state index in [1.807, 2.05) is 0 Å². The number of hydrogen-bond donors (Lipinski definition) is 10. The fraction of sp³-hybridized carbons (Fsp3) is 0.870. The lowest BCUT2D eigenvalue weighted by Crippen LogP contribution is -2.70. The highest BCUT2D eigenvalue weighted by atomic mass is 16.7. The van der Waals surface area contributed by atoms with E-state index in [9.17, 15) is 25.2 Å². The van der Waals surface area contributed by atoms with Gasteiger partial charge in [0, 0.05) is 18.5 Å². The van der Waals surface area contributed by atoms with Crippen molar-refractivity contribution in [1.82, 2.24) is 5.32 Å². The Labute approximate surface area is 221 Å². The molecule has 2 fully saturated rings. The Bertz CT molecular complexity index is 850. The maximum absolute atomic E-state index is 13.1. The summed E-state index contributed by atoms with van der Waals surface area (Å²) in [6, 6.07) is -2.37. The molecule has 15 heteroatoms. The van der Waals surface area contributed by atoms with Gasteiger partial charge in [-0.1, -0.05) is 0 Å². The minimum absolute atomic E-state index is 0.00131. The monoisotopic (exact) mass is 548 g/mol. The van der Waals surface area contributed by atoms with Crippen LogP contribution in [-0.4, -0.2) is 125 Å². The molecule has 0 spiro atoms. The van der Waals surface area contributed by atoms with Crippen LogP contribution in [0.3, 0.4) is 0 Å². The Morgan fingerprint density at radius 3 is 2.42 bits per heavy atom. The van der Waals surface area contributed by atoms with E-state index in [0.29, 0.717) is 5.76 Å². The van der Waals surface area contributed by atoms with E-state index in [1.165, 1.54) is 6.92 Å². The van der Waals surface area contributed by atoms with Gasteiger partial charge in [-0.15, -0.1) is 0 Å². The summed E-state index contributed by atoms with van der Waals surface area (Å²) in [6.45, 7) is 1.42. The van der Waals surface area contributed by atoms with Gasteiger partial charge in [0.05, 0.1) is 19.2 Å². The van der Waals surface area contributed by atoms with Gasteiger partial charge in [-0.2, -0.15) is 0 Å². The zero-order chi connectivity index (χ0) is 28.4. The second-order valence-corrected chi connectivity index (χ2v) is 10.6. The highest BCUT2D eigenvalue weighted by molar-refractivity contribution is 5.92. The Hall–Kier alpha value is -1.31. The number of rotatable bonds is 10. The average Bonchev–Trinajstić information content (AvgIpc) is 2.86. The largest absolute Gasteiger partial charge is 0.466 e. The molecule has 38 heavy (non-hydrogen) atoms. The van der Waals surface area contributed by atoms with Crippen molar-refractivity contribution in [1.29, 1.82) is 0 Å². The summed E-state index contributed by atoms with van der Waals surface area (Å²) < 4.78 is 23.3. The highest BCUT2D eigenvalue weighted by Crippen LogP contribution is 2.34. The Balaban J connectivity index is 1.81. The Morgan fingerprint density at radius 1 is 1.21 bits per heavy atom. The molecule has 3 aliphatic rings. The van der Waals surface area contributed by atoms with Gasteiger partial charge >= 0.3 is 0 Å². The van der Waals surface area contributed by atoms with E-state index >= 15 is 0 Å². The number of Topliss-reactive ketones (excluding diaryl/α,β-unsaturated/α-hetero) is 1. The van der Waals surface area contributed by atoms with Gasteiger partial charge < -0.3 is 73.4 Å². The van der Waals surface area contributed by atoms with Crippen LogP contribution in [0.1, 0.15) is 26.2 Å². The van der Waals surface area contributed by atoms with Crippen LogP contribution in [0.4, 0.5) is 0 Å². The van der Waals surface area contributed by atoms with Crippen molar-refractivity contribution in [3.05, 3.63) is 11.8 Å². The van der Waals surface area contributed by atoms with E-state index < -0.39 is 78.1 Å². The highest BCUT2D eigenvalue weighted by Gasteiger charge is 2.54. The third kappa shape index (κ3) is 6.20. The summed E-state index contributed by atoms with van der Waals surface area (Å²) >= 11 is 0. The molecule has 0 aromatic heterocycles. The van der Waals surface area contributed by atoms with E-state index in [0.717, 1.165) is 0 Å². The van der Waals surface area contributed by atoms with Crippen molar-refractivity contribution < 1.29 is 44.2 Å². The molecule has 15 N–H and O–H groups in total. The number of carbonyl (C=O) groups is 1. The number of nitrogens with one attached hydrogen (secondary N) is 1. The average molecular weight is 549 g/mol. The lowest BCUT2D eigenvalue weighted by molar-refractivity contribution is -0.304. The van der Waals surface area contributed by atoms with Crippen LogP contribution >= 0.6 is 0 Å². The first-order valence-corrected chi connectivity index (χ1v) is 12.8. The van der Waals surface area contributed by atoms with Crippen LogP contribution in [0.15, 0.2) is 11.8 Å². The number of nitrogens with two attached hydrogens (primary N) is 5. The summed E-state index contributed by atoms with van der Waals surface area (Å²) in [4.78, 5) is 13.1. The Morgan fingerprint density at radius 2 is 1.84 bits per heavy atom. The molecule has 2 heterocycles. The molecule has 0 aromatic rings. The molecule has 1 saturated carbocycles. The second kappa shape index (κ2) is 12.5. The summed E-state index contributed by atoms with van der Waals surface area (Å²) in [5, 5.41) is 45.7. The summed E-state index contributed by atoms with van der Waals surface area (Å²) in [5.41, 5.74) is 27.0. The van der Waals surface area contributed by atoms with E-state index in [4.69, 9.17) is 47.6 Å². The predicted octanol–water partition coefficient (Wildman–Crippen LogP) is -5.20. The number of aliphatic hydroxyl groups excluding tert-OH is 3. The first-order chi connectivity index (χ1) is 17.8. The van der Waals surface area contributed by atoms with Crippen LogP contribution in [0.5, 0.6) is 0 Å². The van der Waals surface area contributed by atoms with Crippen molar-refractivity contribution in [2.75, 3.05) is 26.7 Å². The van der Waals surface area contributed by atoms with Gasteiger partial charge in [-0.25, -0.2) is 0 Å². The number of ketones is 1. The summed E-state index contributed by atoms with van der Waals surface area (Å²) in [6.07, 6.45) is -7.55. The van der Waals surface area contributed by atoms with Crippen LogP contribution in [0.2, 0.25) is 0 Å². The third-order valence-corrected chi connectivity index (χ3v) is 7.52. The van der Waals surface area contributed by atoms with Crippen LogP contribution < -0.4 is 34.0 Å². The SMILES string of the molecule is CN[C@@H]1[C@@H](O)[C@@H](O[C@@H]2[C@@H](O)[C@H](O[C@H]3OC(CN)=CC[C@]3(N)C(=O)[C@@H](O)CCN)[C@@H](N)C[C@H]2N)OC[C@]1(C)O. The minimum Gasteiger partial charge on any atom is -0.466 e. The van der Waals surface area contributed by atoms with Crippen LogP contribution in [0, 0.1) is 0 Å². The van der Waals surface area contributed by atoms with Crippen LogP contribution in [0.25, 0.3) is 0 Å². The molecule has 12 atom stereocenters. The fourth-order valence-corrected chi connectivity index (χ4v) is 5.27. The fourth-order valence-electron chi connectivity index (χ4n) is 5.27. The number of ether oxygens (including phenoxy) is 4. The molecule has 1 saturated heterocycles. The van der Waals surface area contributed by atoms with E-state index in [2.05, 4.69) is 5.32 Å². The van der Waals surface area contributed by atoms with Crippen LogP contribution in [-0.2, 0) is 23.7 Å². The molecular weight excluding hydrogens is 504 g/mol. The van der Waals surface area contributed by atoms with E-state index in [-0.39, 0.29) is 39.0 Å². The minimum atomic E-state index is -1.82. The van der Waals surface area contributed by atoms with Crippen molar-refractivity contribution in [3.8, 4) is 0 Å².